The lowest BCUT2D eigenvalue weighted by molar-refractivity contribution is 0.0180. The molecule has 0 aliphatic carbocycles. The minimum atomic E-state index is 0.459. The van der Waals surface area contributed by atoms with Gasteiger partial charge in [-0.05, 0) is 49.2 Å². The Morgan fingerprint density at radius 1 is 0.441 bits per heavy atom. The Bertz CT molecular complexity index is 744. The highest BCUT2D eigenvalue weighted by Crippen LogP contribution is 2.35. The minimum Gasteiger partial charge on any atom is -0.491 e. The Morgan fingerprint density at radius 3 is 1.12 bits per heavy atom. The van der Waals surface area contributed by atoms with Gasteiger partial charge in [0.1, 0.15) is 24.7 Å². The molecule has 2 aromatic rings. The Kier molecular flexibility index (Phi) is 14.6. The van der Waals surface area contributed by atoms with Crippen LogP contribution in [0.2, 0.25) is 0 Å². The molecule has 0 saturated heterocycles. The largest absolute Gasteiger partial charge is 0.491 e. The van der Waals surface area contributed by atoms with E-state index in [2.05, 4.69) is 26.0 Å². The van der Waals surface area contributed by atoms with Crippen LogP contribution in [-0.4, -0.2) is 93.5 Å². The van der Waals surface area contributed by atoms with Gasteiger partial charge in [-0.15, -0.1) is 0 Å². The maximum Gasteiger partial charge on any atom is 0.127 e. The molecule has 0 aromatic heterocycles. The summed E-state index contributed by atoms with van der Waals surface area (Å²) in [6.45, 7) is 10.5. The van der Waals surface area contributed by atoms with Crippen LogP contribution in [0.3, 0.4) is 0 Å². The van der Waals surface area contributed by atoms with E-state index in [1.165, 1.54) is 0 Å². The summed E-state index contributed by atoms with van der Waals surface area (Å²) in [5.74, 6) is 1.65. The summed E-state index contributed by atoms with van der Waals surface area (Å²) < 4.78 is 44.0. The monoisotopic (exact) mass is 480 g/mol. The van der Waals surface area contributed by atoms with Crippen molar-refractivity contribution in [1.29, 1.82) is 0 Å². The quantitative estimate of drug-likeness (QED) is 0.266. The van der Waals surface area contributed by atoms with E-state index in [0.717, 1.165) is 33.4 Å². The number of methoxy groups -OCH3 is 2. The van der Waals surface area contributed by atoms with Crippen molar-refractivity contribution < 1.29 is 37.9 Å². The first kappa shape index (κ1) is 28.3. The molecule has 34 heavy (non-hydrogen) atoms. The van der Waals surface area contributed by atoms with Crippen LogP contribution in [0.1, 0.15) is 11.1 Å². The fraction of sp³-hybridized carbons (Fsp3) is 0.615. The highest BCUT2D eigenvalue weighted by molar-refractivity contribution is 5.94. The van der Waals surface area contributed by atoms with E-state index in [1.54, 1.807) is 14.2 Å². The molecule has 0 N–H and O–H groups in total. The van der Waals surface area contributed by atoms with Crippen LogP contribution in [0.15, 0.2) is 24.3 Å². The molecule has 0 aliphatic rings. The van der Waals surface area contributed by atoms with E-state index in [4.69, 9.17) is 37.9 Å². The fourth-order valence-corrected chi connectivity index (χ4v) is 3.26. The van der Waals surface area contributed by atoms with Gasteiger partial charge in [0.25, 0.3) is 0 Å². The SMILES string of the molecule is COCCOCCOCCOc1cc(C)cc2c(OCCOCCOCCOC)cc(C)cc12. The highest BCUT2D eigenvalue weighted by atomic mass is 16.6. The third-order valence-electron chi connectivity index (χ3n) is 4.86. The van der Waals surface area contributed by atoms with E-state index < -0.39 is 0 Å². The molecule has 0 atom stereocenters. The molecule has 0 saturated carbocycles. The average Bonchev–Trinajstić information content (AvgIpc) is 2.82. The predicted molar refractivity (Wildman–Crippen MR) is 131 cm³/mol. The lowest BCUT2D eigenvalue weighted by atomic mass is 10.0. The number of benzene rings is 2. The summed E-state index contributed by atoms with van der Waals surface area (Å²) in [5, 5.41) is 2.05. The molecule has 0 heterocycles. The van der Waals surface area contributed by atoms with Crippen molar-refractivity contribution in [2.24, 2.45) is 0 Å². The summed E-state index contributed by atoms with van der Waals surface area (Å²) in [6, 6.07) is 8.34. The average molecular weight is 481 g/mol. The van der Waals surface area contributed by atoms with Crippen LogP contribution in [0.5, 0.6) is 11.5 Å². The number of rotatable bonds is 20. The van der Waals surface area contributed by atoms with Crippen molar-refractivity contribution in [2.45, 2.75) is 13.8 Å². The van der Waals surface area contributed by atoms with Gasteiger partial charge in [0.2, 0.25) is 0 Å². The molecule has 0 fully saturated rings. The standard InChI is InChI=1S/C26H40O8/c1-21-17-23-24(25(19-21)33-15-13-31-11-9-29-7-5-27-3)18-22(2)20-26(23)34-16-14-32-12-10-30-8-6-28-4/h17-20H,5-16H2,1-4H3. The molecule has 8 heteroatoms. The van der Waals surface area contributed by atoms with E-state index >= 15 is 0 Å². The van der Waals surface area contributed by atoms with Gasteiger partial charge in [-0.2, -0.15) is 0 Å². The molecule has 8 nitrogen and oxygen atoms in total. The molecule has 0 bridgehead atoms. The van der Waals surface area contributed by atoms with Crippen molar-refractivity contribution in [2.75, 3.05) is 93.5 Å². The summed E-state index contributed by atoms with van der Waals surface area (Å²) in [4.78, 5) is 0. The van der Waals surface area contributed by atoms with E-state index in [1.807, 2.05) is 12.1 Å². The van der Waals surface area contributed by atoms with Crippen LogP contribution >= 0.6 is 0 Å². The molecule has 2 rings (SSSR count). The van der Waals surface area contributed by atoms with Crippen LogP contribution in [0.25, 0.3) is 10.8 Å². The Labute approximate surface area is 203 Å². The van der Waals surface area contributed by atoms with Gasteiger partial charge in [0.05, 0.1) is 66.1 Å². The first-order valence-corrected chi connectivity index (χ1v) is 11.7. The molecular formula is C26H40O8. The van der Waals surface area contributed by atoms with Gasteiger partial charge in [-0.3, -0.25) is 0 Å². The van der Waals surface area contributed by atoms with Crippen LogP contribution in [0.4, 0.5) is 0 Å². The number of hydrogen-bond donors (Lipinski definition) is 0. The Hall–Kier alpha value is -1.94. The first-order chi connectivity index (χ1) is 16.7. The molecular weight excluding hydrogens is 440 g/mol. The van der Waals surface area contributed by atoms with Crippen LogP contribution < -0.4 is 9.47 Å². The van der Waals surface area contributed by atoms with E-state index in [0.29, 0.717) is 79.3 Å². The number of aryl methyl sites for hydroxylation is 2. The Balaban J connectivity index is 1.82. The molecule has 0 spiro atoms. The predicted octanol–water partition coefficient (Wildman–Crippen LogP) is 3.57. The fourth-order valence-electron chi connectivity index (χ4n) is 3.26. The second-order valence-corrected chi connectivity index (χ2v) is 7.75. The van der Waals surface area contributed by atoms with Gasteiger partial charge in [0.15, 0.2) is 0 Å². The zero-order chi connectivity index (χ0) is 24.4. The summed E-state index contributed by atoms with van der Waals surface area (Å²) >= 11 is 0. The Morgan fingerprint density at radius 2 is 0.765 bits per heavy atom. The molecule has 0 radical (unpaired) electrons. The normalized spacial score (nSPS) is 11.3. The van der Waals surface area contributed by atoms with Crippen molar-refractivity contribution in [1.82, 2.24) is 0 Å². The maximum absolute atomic E-state index is 6.06. The maximum atomic E-state index is 6.06. The summed E-state index contributed by atoms with van der Waals surface area (Å²) in [6.07, 6.45) is 0. The summed E-state index contributed by atoms with van der Waals surface area (Å²) in [5.41, 5.74) is 2.21. The zero-order valence-corrected chi connectivity index (χ0v) is 21.1. The molecule has 2 aromatic carbocycles. The van der Waals surface area contributed by atoms with Gasteiger partial charge in [0, 0.05) is 25.0 Å². The van der Waals surface area contributed by atoms with Crippen LogP contribution in [0, 0.1) is 13.8 Å². The lowest BCUT2D eigenvalue weighted by Crippen LogP contribution is -2.13. The van der Waals surface area contributed by atoms with Gasteiger partial charge < -0.3 is 37.9 Å². The van der Waals surface area contributed by atoms with Crippen molar-refractivity contribution in [3.05, 3.63) is 35.4 Å². The van der Waals surface area contributed by atoms with E-state index in [-0.39, 0.29) is 0 Å². The highest BCUT2D eigenvalue weighted by Gasteiger charge is 2.10. The summed E-state index contributed by atoms with van der Waals surface area (Å²) in [7, 11) is 3.31. The second-order valence-electron chi connectivity index (χ2n) is 7.75. The smallest absolute Gasteiger partial charge is 0.127 e. The number of hydrogen-bond acceptors (Lipinski definition) is 8. The topological polar surface area (TPSA) is 73.8 Å². The molecule has 0 amide bonds. The van der Waals surface area contributed by atoms with Crippen molar-refractivity contribution in [3.63, 3.8) is 0 Å². The zero-order valence-electron chi connectivity index (χ0n) is 21.1. The third kappa shape index (κ3) is 11.0. The first-order valence-electron chi connectivity index (χ1n) is 11.7. The lowest BCUT2D eigenvalue weighted by Gasteiger charge is -2.15. The van der Waals surface area contributed by atoms with Crippen molar-refractivity contribution in [3.8, 4) is 11.5 Å². The number of ether oxygens (including phenoxy) is 8. The van der Waals surface area contributed by atoms with Crippen molar-refractivity contribution >= 4 is 10.8 Å². The molecule has 192 valence electrons. The molecule has 0 aliphatic heterocycles. The molecule has 0 unspecified atom stereocenters. The third-order valence-corrected chi connectivity index (χ3v) is 4.86. The second kappa shape index (κ2) is 17.5. The van der Waals surface area contributed by atoms with Gasteiger partial charge in [-0.1, -0.05) is 0 Å². The number of fused-ring (bicyclic) bond motifs is 1. The minimum absolute atomic E-state index is 0.459. The van der Waals surface area contributed by atoms with Crippen LogP contribution in [-0.2, 0) is 28.4 Å². The van der Waals surface area contributed by atoms with Gasteiger partial charge >= 0.3 is 0 Å². The van der Waals surface area contributed by atoms with Gasteiger partial charge in [-0.25, -0.2) is 0 Å². The van der Waals surface area contributed by atoms with E-state index in [9.17, 15) is 0 Å².